The minimum atomic E-state index is -4.58. The van der Waals surface area contributed by atoms with Crippen molar-refractivity contribution in [3.8, 4) is 0 Å². The lowest BCUT2D eigenvalue weighted by Crippen LogP contribution is -2.43. The molecule has 0 amide bonds. The van der Waals surface area contributed by atoms with E-state index >= 15 is 0 Å². The topological polar surface area (TPSA) is 55.2 Å². The van der Waals surface area contributed by atoms with Gasteiger partial charge in [0.25, 0.3) is 0 Å². The van der Waals surface area contributed by atoms with Gasteiger partial charge < -0.3 is 0 Å². The zero-order valence-corrected chi connectivity index (χ0v) is 12.5. The first-order chi connectivity index (χ1) is 9.14. The molecule has 0 bridgehead atoms. The van der Waals surface area contributed by atoms with Crippen molar-refractivity contribution in [1.82, 2.24) is 14.1 Å². The maximum absolute atomic E-state index is 12.8. The van der Waals surface area contributed by atoms with E-state index in [1.54, 1.807) is 13.8 Å². The van der Waals surface area contributed by atoms with Crippen LogP contribution in [-0.2, 0) is 10.0 Å². The van der Waals surface area contributed by atoms with Crippen molar-refractivity contribution in [3.63, 3.8) is 0 Å². The Morgan fingerprint density at radius 1 is 1.45 bits per heavy atom. The summed E-state index contributed by atoms with van der Waals surface area (Å²) in [5.41, 5.74) is 0. The first kappa shape index (κ1) is 15.6. The molecule has 1 aliphatic heterocycles. The van der Waals surface area contributed by atoms with E-state index in [4.69, 9.17) is 0 Å². The maximum atomic E-state index is 12.8. The zero-order valence-electron chi connectivity index (χ0n) is 10.8. The van der Waals surface area contributed by atoms with Crippen molar-refractivity contribution in [2.45, 2.75) is 36.3 Å². The van der Waals surface area contributed by atoms with E-state index in [9.17, 15) is 21.6 Å². The summed E-state index contributed by atoms with van der Waals surface area (Å²) in [7, 11) is -4.17. The maximum Gasteiger partial charge on any atom is 0.414 e. The Bertz CT molecular complexity index is 583. The SMILES string of the molecule is CC(C)n1cc(S(=O)(=O)N2CCSC2C(F)(F)F)cn1. The molecule has 10 heteroatoms. The third-order valence-electron chi connectivity index (χ3n) is 2.84. The molecule has 2 heterocycles. The van der Waals surface area contributed by atoms with Gasteiger partial charge in [0, 0.05) is 24.5 Å². The number of hydrogen-bond acceptors (Lipinski definition) is 4. The van der Waals surface area contributed by atoms with Crippen molar-refractivity contribution in [3.05, 3.63) is 12.4 Å². The van der Waals surface area contributed by atoms with E-state index < -0.39 is 21.6 Å². The van der Waals surface area contributed by atoms with Gasteiger partial charge in [-0.25, -0.2) is 8.42 Å². The number of nitrogens with zero attached hydrogens (tertiary/aromatic N) is 3. The first-order valence-corrected chi connectivity index (χ1v) is 8.37. The van der Waals surface area contributed by atoms with Crippen molar-refractivity contribution >= 4 is 21.8 Å². The van der Waals surface area contributed by atoms with Crippen molar-refractivity contribution in [2.75, 3.05) is 12.3 Å². The summed E-state index contributed by atoms with van der Waals surface area (Å²) in [4.78, 5) is -0.206. The summed E-state index contributed by atoms with van der Waals surface area (Å²) in [6, 6.07) is -0.0645. The van der Waals surface area contributed by atoms with Crippen molar-refractivity contribution < 1.29 is 21.6 Å². The smallest absolute Gasteiger partial charge is 0.269 e. The lowest BCUT2D eigenvalue weighted by atomic mass is 10.4. The molecule has 0 saturated carbocycles. The van der Waals surface area contributed by atoms with Crippen LogP contribution in [0.5, 0.6) is 0 Å². The highest BCUT2D eigenvalue weighted by molar-refractivity contribution is 8.01. The molecular formula is C10H14F3N3O2S2. The van der Waals surface area contributed by atoms with E-state index in [0.29, 0.717) is 16.1 Å². The molecule has 1 aromatic rings. The summed E-state index contributed by atoms with van der Waals surface area (Å²) >= 11 is 0.587. The van der Waals surface area contributed by atoms with Crippen LogP contribution in [0.25, 0.3) is 0 Å². The van der Waals surface area contributed by atoms with Gasteiger partial charge in [-0.2, -0.15) is 22.6 Å². The van der Waals surface area contributed by atoms with Gasteiger partial charge in [-0.15, -0.1) is 11.8 Å². The summed E-state index contributed by atoms with van der Waals surface area (Å²) in [6.45, 7) is 3.45. The molecule has 20 heavy (non-hydrogen) atoms. The molecule has 0 radical (unpaired) electrons. The van der Waals surface area contributed by atoms with Gasteiger partial charge in [-0.05, 0) is 13.8 Å². The Balaban J connectivity index is 2.34. The Hall–Kier alpha value is -0.740. The molecule has 0 N–H and O–H groups in total. The fourth-order valence-corrected chi connectivity index (χ4v) is 4.85. The Morgan fingerprint density at radius 3 is 2.60 bits per heavy atom. The first-order valence-electron chi connectivity index (χ1n) is 5.88. The molecule has 1 atom stereocenters. The number of sulfonamides is 1. The van der Waals surface area contributed by atoms with E-state index in [1.807, 2.05) is 0 Å². The molecule has 0 aromatic carbocycles. The van der Waals surface area contributed by atoms with E-state index in [-0.39, 0.29) is 23.2 Å². The summed E-state index contributed by atoms with van der Waals surface area (Å²) in [5, 5.41) is 1.84. The number of alkyl halides is 3. The second kappa shape index (κ2) is 5.23. The van der Waals surface area contributed by atoms with Crippen LogP contribution in [0.2, 0.25) is 0 Å². The Labute approximate surface area is 119 Å². The lowest BCUT2D eigenvalue weighted by molar-refractivity contribution is -0.144. The second-order valence-electron chi connectivity index (χ2n) is 4.63. The molecule has 0 spiro atoms. The van der Waals surface area contributed by atoms with E-state index in [2.05, 4.69) is 5.10 Å². The van der Waals surface area contributed by atoms with Gasteiger partial charge in [0.05, 0.1) is 6.20 Å². The van der Waals surface area contributed by atoms with Gasteiger partial charge in [0.15, 0.2) is 5.37 Å². The predicted molar refractivity (Wildman–Crippen MR) is 68.8 cm³/mol. The Kier molecular flexibility index (Phi) is 4.09. The summed E-state index contributed by atoms with van der Waals surface area (Å²) in [6.07, 6.45) is -2.23. The molecule has 1 fully saturated rings. The predicted octanol–water partition coefficient (Wildman–Crippen LogP) is 2.09. The number of halogens is 3. The fourth-order valence-electron chi connectivity index (χ4n) is 1.83. The van der Waals surface area contributed by atoms with Crippen molar-refractivity contribution in [1.29, 1.82) is 0 Å². The number of thioether (sulfide) groups is 1. The highest BCUT2D eigenvalue weighted by atomic mass is 32.2. The molecule has 114 valence electrons. The molecule has 2 rings (SSSR count). The van der Waals surface area contributed by atoms with Crippen LogP contribution < -0.4 is 0 Å². The van der Waals surface area contributed by atoms with Gasteiger partial charge >= 0.3 is 6.18 Å². The van der Waals surface area contributed by atoms with Crippen LogP contribution in [0.4, 0.5) is 13.2 Å². The van der Waals surface area contributed by atoms with E-state index in [1.165, 1.54) is 10.9 Å². The molecule has 0 aliphatic carbocycles. The highest BCUT2D eigenvalue weighted by Crippen LogP contribution is 2.40. The quantitative estimate of drug-likeness (QED) is 0.852. The molecule has 1 aromatic heterocycles. The van der Waals surface area contributed by atoms with E-state index in [0.717, 1.165) is 6.20 Å². The van der Waals surface area contributed by atoms with Gasteiger partial charge in [0.1, 0.15) is 4.90 Å². The largest absolute Gasteiger partial charge is 0.414 e. The second-order valence-corrected chi connectivity index (χ2v) is 7.71. The molecule has 1 aliphatic rings. The van der Waals surface area contributed by atoms with Crippen LogP contribution in [0, 0.1) is 0 Å². The lowest BCUT2D eigenvalue weighted by Gasteiger charge is -2.24. The summed E-state index contributed by atoms with van der Waals surface area (Å²) < 4.78 is 65.0. The average Bonchev–Trinajstić information content (AvgIpc) is 2.98. The van der Waals surface area contributed by atoms with Crippen LogP contribution in [-0.4, -0.2) is 46.4 Å². The van der Waals surface area contributed by atoms with Crippen LogP contribution in [0.3, 0.4) is 0 Å². The van der Waals surface area contributed by atoms with Crippen LogP contribution >= 0.6 is 11.8 Å². The molecule has 5 nitrogen and oxygen atoms in total. The normalized spacial score (nSPS) is 21.8. The number of aromatic nitrogens is 2. The average molecular weight is 329 g/mol. The zero-order chi connectivity index (χ0) is 15.1. The Morgan fingerprint density at radius 2 is 2.10 bits per heavy atom. The van der Waals surface area contributed by atoms with Gasteiger partial charge in [-0.1, -0.05) is 0 Å². The highest BCUT2D eigenvalue weighted by Gasteiger charge is 2.51. The van der Waals surface area contributed by atoms with Gasteiger partial charge in [-0.3, -0.25) is 4.68 Å². The van der Waals surface area contributed by atoms with Crippen LogP contribution in [0.1, 0.15) is 19.9 Å². The molecule has 1 unspecified atom stereocenters. The fraction of sp³-hybridized carbons (Fsp3) is 0.700. The third kappa shape index (κ3) is 2.82. The minimum Gasteiger partial charge on any atom is -0.269 e. The van der Waals surface area contributed by atoms with Gasteiger partial charge in [0.2, 0.25) is 10.0 Å². The summed E-state index contributed by atoms with van der Waals surface area (Å²) in [5.74, 6) is 0.127. The number of hydrogen-bond donors (Lipinski definition) is 0. The minimum absolute atomic E-state index is 0.0645. The monoisotopic (exact) mass is 329 g/mol. The van der Waals surface area contributed by atoms with Crippen molar-refractivity contribution in [2.24, 2.45) is 0 Å². The standard InChI is InChI=1S/C10H14F3N3O2S2/c1-7(2)15-6-8(5-14-15)20(17,18)16-3-4-19-9(16)10(11,12)13/h5-7,9H,3-4H2,1-2H3. The number of rotatable bonds is 3. The molecule has 1 saturated heterocycles. The molecular weight excluding hydrogens is 315 g/mol. The van der Waals surface area contributed by atoms with Crippen LogP contribution in [0.15, 0.2) is 17.3 Å². The third-order valence-corrected chi connectivity index (χ3v) is 6.05.